The van der Waals surface area contributed by atoms with Gasteiger partial charge in [0.25, 0.3) is 0 Å². The second-order valence-electron chi connectivity index (χ2n) is 8.80. The van der Waals surface area contributed by atoms with Gasteiger partial charge in [0.1, 0.15) is 0 Å². The van der Waals surface area contributed by atoms with Crippen LogP contribution in [0.25, 0.3) is 0 Å². The van der Waals surface area contributed by atoms with Gasteiger partial charge in [0.05, 0.1) is 12.4 Å². The van der Waals surface area contributed by atoms with Gasteiger partial charge in [-0.25, -0.2) is 0 Å². The van der Waals surface area contributed by atoms with Crippen LogP contribution in [0.2, 0.25) is 0 Å². The van der Waals surface area contributed by atoms with Crippen LogP contribution in [0.1, 0.15) is 39.2 Å². The van der Waals surface area contributed by atoms with E-state index in [2.05, 4.69) is 90.0 Å². The van der Waals surface area contributed by atoms with Crippen molar-refractivity contribution in [1.82, 2.24) is 4.68 Å². The van der Waals surface area contributed by atoms with Gasteiger partial charge >= 0.3 is 5.82 Å². The van der Waals surface area contributed by atoms with E-state index in [0.29, 0.717) is 0 Å². The molecule has 168 valence electrons. The van der Waals surface area contributed by atoms with Crippen LogP contribution in [0.4, 0.5) is 11.4 Å². The van der Waals surface area contributed by atoms with Crippen LogP contribution >= 0.6 is 0 Å². The molecule has 0 spiro atoms. The summed E-state index contributed by atoms with van der Waals surface area (Å²) in [5.41, 5.74) is 9.52. The number of hydrogen-bond acceptors (Lipinski definition) is 4. The zero-order valence-corrected chi connectivity index (χ0v) is 20.8. The summed E-state index contributed by atoms with van der Waals surface area (Å²) in [5.74, 6) is 0.929. The fourth-order valence-electron chi connectivity index (χ4n) is 3.76. The van der Waals surface area contributed by atoms with Crippen molar-refractivity contribution in [3.63, 3.8) is 0 Å². The fourth-order valence-corrected chi connectivity index (χ4v) is 3.76. The molecule has 0 aliphatic rings. The van der Waals surface area contributed by atoms with Crippen LogP contribution in [0.15, 0.2) is 46.9 Å². The maximum atomic E-state index is 4.69. The highest BCUT2D eigenvalue weighted by atomic mass is 15.5. The van der Waals surface area contributed by atoms with Crippen molar-refractivity contribution in [2.24, 2.45) is 10.2 Å². The molecule has 0 aliphatic heterocycles. The highest BCUT2D eigenvalue weighted by Crippen LogP contribution is 2.21. The maximum absolute atomic E-state index is 4.69. The number of aromatic nitrogens is 2. The van der Waals surface area contributed by atoms with E-state index in [0.717, 1.165) is 17.0 Å². The predicted octanol–water partition coefficient (Wildman–Crippen LogP) is 4.21. The molecule has 6 heteroatoms. The highest BCUT2D eigenvalue weighted by Gasteiger charge is 2.12. The van der Waals surface area contributed by atoms with E-state index >= 15 is 0 Å². The Morgan fingerprint density at radius 1 is 0.719 bits per heavy atom. The number of nitrogens with zero attached hydrogens (tertiary/aromatic N) is 6. The molecule has 6 nitrogen and oxygen atoms in total. The molecule has 0 fully saturated rings. The Balaban J connectivity index is 1.86. The first kappa shape index (κ1) is 23.3. The van der Waals surface area contributed by atoms with Gasteiger partial charge in [0.15, 0.2) is 12.4 Å². The van der Waals surface area contributed by atoms with Crippen LogP contribution in [0.5, 0.6) is 0 Å². The molecule has 1 aromatic heterocycles. The minimum Gasteiger partial charge on any atom is -0.378 e. The Hall–Kier alpha value is -3.41. The molecular formula is C26H35N6+. The Morgan fingerprint density at radius 2 is 1.16 bits per heavy atom. The Morgan fingerprint density at radius 3 is 1.59 bits per heavy atom. The van der Waals surface area contributed by atoms with Crippen molar-refractivity contribution >= 4 is 23.8 Å². The van der Waals surface area contributed by atoms with Crippen LogP contribution < -0.4 is 14.5 Å². The van der Waals surface area contributed by atoms with Gasteiger partial charge in [-0.15, -0.1) is 9.35 Å². The zero-order valence-electron chi connectivity index (χ0n) is 20.8. The summed E-state index contributed by atoms with van der Waals surface area (Å²) in [6, 6.07) is 8.75. The molecule has 0 amide bonds. The number of anilines is 2. The van der Waals surface area contributed by atoms with Crippen molar-refractivity contribution < 1.29 is 4.68 Å². The number of aryl methyl sites for hydroxylation is 4. The van der Waals surface area contributed by atoms with Crippen LogP contribution in [0, 0.1) is 34.6 Å². The van der Waals surface area contributed by atoms with Crippen LogP contribution in [0.3, 0.4) is 0 Å². The SMILES string of the molecule is Cc1cc(N(C)C)cc(C)c1/C=N/n1cc[n+](/N=C/c2c(C)cc(N(C)C)cc2C)c1C. The van der Waals surface area contributed by atoms with E-state index in [1.54, 1.807) is 0 Å². The third kappa shape index (κ3) is 4.90. The largest absolute Gasteiger partial charge is 0.378 e. The highest BCUT2D eigenvalue weighted by molar-refractivity contribution is 5.85. The van der Waals surface area contributed by atoms with E-state index in [9.17, 15) is 0 Å². The number of imidazole rings is 1. The van der Waals surface area contributed by atoms with Crippen LogP contribution in [-0.2, 0) is 0 Å². The Kier molecular flexibility index (Phi) is 6.82. The molecule has 0 atom stereocenters. The van der Waals surface area contributed by atoms with E-state index in [4.69, 9.17) is 10.2 Å². The monoisotopic (exact) mass is 431 g/mol. The van der Waals surface area contributed by atoms with Crippen molar-refractivity contribution in [2.75, 3.05) is 38.0 Å². The Labute approximate surface area is 192 Å². The topological polar surface area (TPSA) is 40.0 Å². The summed E-state index contributed by atoms with van der Waals surface area (Å²) in [7, 11) is 8.24. The molecule has 0 saturated carbocycles. The van der Waals surface area contributed by atoms with Gasteiger partial charge in [-0.3, -0.25) is 0 Å². The first-order chi connectivity index (χ1) is 15.1. The lowest BCUT2D eigenvalue weighted by atomic mass is 10.0. The molecule has 2 aromatic carbocycles. The van der Waals surface area contributed by atoms with Crippen molar-refractivity contribution in [3.8, 4) is 0 Å². The van der Waals surface area contributed by atoms with Crippen molar-refractivity contribution in [3.05, 3.63) is 75.9 Å². The number of rotatable bonds is 6. The number of hydrogen-bond donors (Lipinski definition) is 0. The average Bonchev–Trinajstić information content (AvgIpc) is 3.06. The standard InChI is InChI=1S/C26H35N6/c1-18-12-23(29(6)7)13-19(2)25(18)16-27-31-10-11-32(22(31)5)28-17-26-20(3)14-24(30(8)9)15-21(26)4/h10-17H,1-9H3/q+1/b27-16+,28-17+. The van der Waals surface area contributed by atoms with Crippen molar-refractivity contribution in [2.45, 2.75) is 34.6 Å². The fraction of sp³-hybridized carbons (Fsp3) is 0.346. The molecule has 3 rings (SSSR count). The van der Waals surface area contributed by atoms with Gasteiger partial charge < -0.3 is 9.80 Å². The molecule has 3 aromatic rings. The summed E-state index contributed by atoms with van der Waals surface area (Å²) >= 11 is 0. The van der Waals surface area contributed by atoms with Gasteiger partial charge in [-0.2, -0.15) is 0 Å². The summed E-state index contributed by atoms with van der Waals surface area (Å²) in [4.78, 5) is 4.24. The smallest absolute Gasteiger partial charge is 0.304 e. The van der Waals surface area contributed by atoms with E-state index < -0.39 is 0 Å². The van der Waals surface area contributed by atoms with Gasteiger partial charge in [0, 0.05) is 57.6 Å². The number of benzene rings is 2. The lowest BCUT2D eigenvalue weighted by Gasteiger charge is -2.16. The normalized spacial score (nSPS) is 11.7. The molecule has 0 bridgehead atoms. The molecule has 0 saturated heterocycles. The van der Waals surface area contributed by atoms with E-state index in [1.807, 2.05) is 41.1 Å². The second-order valence-corrected chi connectivity index (χ2v) is 8.80. The lowest BCUT2D eigenvalue weighted by molar-refractivity contribution is -0.684. The minimum atomic E-state index is 0.929. The molecule has 0 radical (unpaired) electrons. The summed E-state index contributed by atoms with van der Waals surface area (Å²) in [6.45, 7) is 10.5. The second kappa shape index (κ2) is 9.39. The first-order valence-corrected chi connectivity index (χ1v) is 10.8. The first-order valence-electron chi connectivity index (χ1n) is 10.8. The molecule has 1 heterocycles. The summed E-state index contributed by atoms with van der Waals surface area (Å²) in [5, 5.41) is 9.38. The van der Waals surface area contributed by atoms with Gasteiger partial charge in [0.2, 0.25) is 0 Å². The van der Waals surface area contributed by atoms with Crippen molar-refractivity contribution in [1.29, 1.82) is 0 Å². The summed E-state index contributed by atoms with van der Waals surface area (Å²) in [6.07, 6.45) is 7.71. The Bertz CT molecular complexity index is 1040. The minimum absolute atomic E-state index is 0.929. The zero-order chi connectivity index (χ0) is 23.6. The summed E-state index contributed by atoms with van der Waals surface area (Å²) < 4.78 is 3.70. The molecule has 0 aliphatic carbocycles. The van der Waals surface area contributed by atoms with Crippen LogP contribution in [-0.4, -0.2) is 45.3 Å². The quantitative estimate of drug-likeness (QED) is 0.433. The molecule has 0 unspecified atom stereocenters. The van der Waals surface area contributed by atoms with E-state index in [-0.39, 0.29) is 0 Å². The third-order valence-corrected chi connectivity index (χ3v) is 5.82. The third-order valence-electron chi connectivity index (χ3n) is 5.82. The van der Waals surface area contributed by atoms with E-state index in [1.165, 1.54) is 33.6 Å². The molecule has 32 heavy (non-hydrogen) atoms. The molecule has 0 N–H and O–H groups in total. The lowest BCUT2D eigenvalue weighted by Crippen LogP contribution is -2.29. The maximum Gasteiger partial charge on any atom is 0.304 e. The van der Waals surface area contributed by atoms with Gasteiger partial charge in [-0.1, -0.05) is 10.2 Å². The van der Waals surface area contributed by atoms with Gasteiger partial charge in [-0.05, 0) is 74.2 Å². The molecular weight excluding hydrogens is 396 g/mol. The average molecular weight is 432 g/mol. The predicted molar refractivity (Wildman–Crippen MR) is 136 cm³/mol.